The largest absolute Gasteiger partial charge is 0.384 e. The van der Waals surface area contributed by atoms with Crippen LogP contribution >= 0.6 is 0 Å². The molecular weight excluding hydrogens is 104 g/mol. The fourth-order valence-corrected chi connectivity index (χ4v) is 0.425. The van der Waals surface area contributed by atoms with Crippen molar-refractivity contribution in [2.75, 3.05) is 5.73 Å². The smallest absolute Gasteiger partial charge is 0.149 e. The van der Waals surface area contributed by atoms with Gasteiger partial charge in [-0.3, -0.25) is 0 Å². The second kappa shape index (κ2) is 1.65. The van der Waals surface area contributed by atoms with E-state index in [2.05, 4.69) is 9.97 Å². The third kappa shape index (κ3) is 0.676. The number of anilines is 1. The summed E-state index contributed by atoms with van der Waals surface area (Å²) in [6.45, 7) is 0. The van der Waals surface area contributed by atoms with Crippen molar-refractivity contribution >= 4 is 12.0 Å². The first kappa shape index (κ1) is 4.83. The van der Waals surface area contributed by atoms with Crippen molar-refractivity contribution in [2.24, 2.45) is 0 Å². The summed E-state index contributed by atoms with van der Waals surface area (Å²) < 4.78 is 0. The molecule has 0 atom stereocenters. The van der Waals surface area contributed by atoms with E-state index in [0.29, 0.717) is 11.6 Å². The van der Waals surface area contributed by atoms with Crippen LogP contribution in [-0.2, 0) is 0 Å². The highest BCUT2D eigenvalue weighted by molar-refractivity contribution is 5.72. The number of hydrogen-bond donors (Lipinski definition) is 3. The fourth-order valence-electron chi connectivity index (χ4n) is 0.425. The Morgan fingerprint density at radius 2 is 2.62 bits per heavy atom. The number of nitrogens with zero attached hydrogens (tertiary/aromatic N) is 1. The zero-order valence-electron chi connectivity index (χ0n) is 4.18. The van der Waals surface area contributed by atoms with Crippen molar-refractivity contribution in [3.63, 3.8) is 0 Å². The van der Waals surface area contributed by atoms with Gasteiger partial charge in [0.15, 0.2) is 0 Å². The summed E-state index contributed by atoms with van der Waals surface area (Å²) in [7, 11) is 0. The van der Waals surface area contributed by atoms with Crippen molar-refractivity contribution in [3.8, 4) is 0 Å². The van der Waals surface area contributed by atoms with Crippen LogP contribution in [0.4, 0.5) is 5.82 Å². The minimum atomic E-state index is 0.488. The summed E-state index contributed by atoms with van der Waals surface area (Å²) in [5, 5.41) is 6.68. The Balaban J connectivity index is 3.00. The molecule has 0 bridgehead atoms. The monoisotopic (exact) mass is 110 g/mol. The van der Waals surface area contributed by atoms with Gasteiger partial charge in [0.2, 0.25) is 0 Å². The van der Waals surface area contributed by atoms with Crippen molar-refractivity contribution in [1.82, 2.24) is 9.97 Å². The molecule has 1 heterocycles. The van der Waals surface area contributed by atoms with Crippen LogP contribution in [-0.4, -0.2) is 16.2 Å². The zero-order valence-corrected chi connectivity index (χ0v) is 4.18. The van der Waals surface area contributed by atoms with Crippen LogP contribution in [0, 0.1) is 5.41 Å². The number of nitrogens with one attached hydrogen (secondary N) is 2. The molecular formula is C4H6N4. The Hall–Kier alpha value is -1.32. The van der Waals surface area contributed by atoms with Crippen LogP contribution in [0.1, 0.15) is 5.82 Å². The first-order chi connectivity index (χ1) is 3.83. The Labute approximate surface area is 46.3 Å². The third-order valence-electron chi connectivity index (χ3n) is 0.752. The molecule has 0 aliphatic heterocycles. The molecule has 1 rings (SSSR count). The lowest BCUT2D eigenvalue weighted by Crippen LogP contribution is -1.84. The molecule has 4 N–H and O–H groups in total. The molecule has 1 aromatic heterocycles. The van der Waals surface area contributed by atoms with Gasteiger partial charge in [-0.15, -0.1) is 0 Å². The molecule has 0 aliphatic carbocycles. The highest BCUT2D eigenvalue weighted by Gasteiger charge is 1.88. The zero-order chi connectivity index (χ0) is 5.98. The number of H-pyrrole nitrogens is 1. The number of rotatable bonds is 1. The van der Waals surface area contributed by atoms with Gasteiger partial charge in [0.1, 0.15) is 11.6 Å². The number of imidazole rings is 1. The van der Waals surface area contributed by atoms with Crippen LogP contribution in [0.15, 0.2) is 6.20 Å². The second-order valence-corrected chi connectivity index (χ2v) is 1.37. The SMILES string of the molecule is N=Cc1ncc(N)[nH]1. The molecule has 0 aliphatic rings. The van der Waals surface area contributed by atoms with E-state index in [1.165, 1.54) is 6.20 Å². The van der Waals surface area contributed by atoms with Gasteiger partial charge < -0.3 is 16.1 Å². The molecule has 1 aromatic rings. The molecule has 42 valence electrons. The lowest BCUT2D eigenvalue weighted by molar-refractivity contribution is 1.27. The van der Waals surface area contributed by atoms with Crippen molar-refractivity contribution < 1.29 is 0 Å². The second-order valence-electron chi connectivity index (χ2n) is 1.37. The summed E-state index contributed by atoms with van der Waals surface area (Å²) in [5.41, 5.74) is 5.23. The van der Waals surface area contributed by atoms with E-state index in [4.69, 9.17) is 11.1 Å². The Kier molecular flexibility index (Phi) is 0.997. The topological polar surface area (TPSA) is 78.6 Å². The van der Waals surface area contributed by atoms with Crippen molar-refractivity contribution in [2.45, 2.75) is 0 Å². The van der Waals surface area contributed by atoms with Gasteiger partial charge in [-0.2, -0.15) is 0 Å². The Morgan fingerprint density at radius 1 is 1.88 bits per heavy atom. The summed E-state index contributed by atoms with van der Waals surface area (Å²) >= 11 is 0. The summed E-state index contributed by atoms with van der Waals surface area (Å²) in [5.74, 6) is 0.978. The van der Waals surface area contributed by atoms with E-state index >= 15 is 0 Å². The molecule has 0 fully saturated rings. The Bertz CT molecular complexity index is 190. The van der Waals surface area contributed by atoms with Crippen LogP contribution in [0.5, 0.6) is 0 Å². The summed E-state index contributed by atoms with van der Waals surface area (Å²) in [6, 6.07) is 0. The van der Waals surface area contributed by atoms with Crippen molar-refractivity contribution in [1.29, 1.82) is 5.41 Å². The predicted octanol–water partition coefficient (Wildman–Crippen LogP) is -0.0104. The highest BCUT2D eigenvalue weighted by atomic mass is 15.0. The van der Waals surface area contributed by atoms with E-state index in [1.807, 2.05) is 0 Å². The maximum absolute atomic E-state index is 6.68. The number of aromatic amines is 1. The van der Waals surface area contributed by atoms with Crippen LogP contribution in [0.2, 0.25) is 0 Å². The number of hydrogen-bond acceptors (Lipinski definition) is 3. The van der Waals surface area contributed by atoms with E-state index in [9.17, 15) is 0 Å². The lowest BCUT2D eigenvalue weighted by Gasteiger charge is -1.76. The van der Waals surface area contributed by atoms with Gasteiger partial charge in [-0.25, -0.2) is 4.98 Å². The maximum atomic E-state index is 6.68. The highest BCUT2D eigenvalue weighted by Crippen LogP contribution is 1.92. The fraction of sp³-hybridized carbons (Fsp3) is 0. The van der Waals surface area contributed by atoms with Crippen LogP contribution in [0.3, 0.4) is 0 Å². The first-order valence-electron chi connectivity index (χ1n) is 2.14. The summed E-state index contributed by atoms with van der Waals surface area (Å²) in [4.78, 5) is 6.36. The van der Waals surface area contributed by atoms with Gasteiger partial charge in [-0.05, 0) is 0 Å². The van der Waals surface area contributed by atoms with E-state index in [0.717, 1.165) is 6.21 Å². The average Bonchev–Trinajstić information content (AvgIpc) is 2.14. The molecule has 0 amide bonds. The number of nitrogens with two attached hydrogens (primary N) is 1. The summed E-state index contributed by atoms with van der Waals surface area (Å²) in [6.07, 6.45) is 2.58. The molecule has 0 saturated carbocycles. The Morgan fingerprint density at radius 3 is 2.88 bits per heavy atom. The lowest BCUT2D eigenvalue weighted by atomic mass is 10.7. The van der Waals surface area contributed by atoms with Gasteiger partial charge in [-0.1, -0.05) is 0 Å². The standard InChI is InChI=1S/C4H6N4/c5-1-4-7-2-3(6)8-4/h1-2,5H,6H2,(H,7,8). The van der Waals surface area contributed by atoms with Crippen LogP contribution in [0.25, 0.3) is 0 Å². The van der Waals surface area contributed by atoms with E-state index in [1.54, 1.807) is 0 Å². The van der Waals surface area contributed by atoms with E-state index in [-0.39, 0.29) is 0 Å². The number of nitrogen functional groups attached to an aromatic ring is 1. The first-order valence-corrected chi connectivity index (χ1v) is 2.14. The minimum absolute atomic E-state index is 0.488. The molecule has 0 unspecified atom stereocenters. The normalized spacial score (nSPS) is 9.00. The van der Waals surface area contributed by atoms with E-state index < -0.39 is 0 Å². The molecule has 4 nitrogen and oxygen atoms in total. The molecule has 0 spiro atoms. The third-order valence-corrected chi connectivity index (χ3v) is 0.752. The predicted molar refractivity (Wildman–Crippen MR) is 30.9 cm³/mol. The maximum Gasteiger partial charge on any atom is 0.149 e. The molecule has 0 aromatic carbocycles. The van der Waals surface area contributed by atoms with Crippen molar-refractivity contribution in [3.05, 3.63) is 12.0 Å². The average molecular weight is 110 g/mol. The van der Waals surface area contributed by atoms with Gasteiger partial charge >= 0.3 is 0 Å². The van der Waals surface area contributed by atoms with Gasteiger partial charge in [0, 0.05) is 0 Å². The number of aromatic nitrogens is 2. The van der Waals surface area contributed by atoms with Crippen LogP contribution < -0.4 is 5.73 Å². The minimum Gasteiger partial charge on any atom is -0.384 e. The molecule has 0 saturated heterocycles. The molecule has 0 radical (unpaired) electrons. The molecule has 4 heteroatoms. The molecule has 8 heavy (non-hydrogen) atoms. The van der Waals surface area contributed by atoms with Gasteiger partial charge in [0.25, 0.3) is 0 Å². The van der Waals surface area contributed by atoms with Gasteiger partial charge in [0.05, 0.1) is 12.4 Å². The quantitative estimate of drug-likeness (QED) is 0.444.